The molecule has 0 saturated carbocycles. The largest absolute Gasteiger partial charge is 0.359 e. The Hall–Kier alpha value is -1.94. The smallest absolute Gasteiger partial charge is 0.243 e. The molecule has 0 saturated heterocycles. The Balaban J connectivity index is 1.75. The predicted octanol–water partition coefficient (Wildman–Crippen LogP) is 4.19. The third-order valence-electron chi connectivity index (χ3n) is 4.36. The molecule has 120 valence electrons. The van der Waals surface area contributed by atoms with Crippen LogP contribution < -0.4 is 10.2 Å². The van der Waals surface area contributed by atoms with Crippen LogP contribution in [-0.2, 0) is 11.2 Å². The number of amides is 1. The highest BCUT2D eigenvalue weighted by Gasteiger charge is 2.24. The zero-order valence-electron chi connectivity index (χ0n) is 13.6. The maximum atomic E-state index is 12.5. The Morgan fingerprint density at radius 1 is 1.22 bits per heavy atom. The molecule has 0 aliphatic carbocycles. The molecule has 3 nitrogen and oxygen atoms in total. The first-order valence-corrected chi connectivity index (χ1v) is 9.19. The molecule has 2 aromatic carbocycles. The maximum Gasteiger partial charge on any atom is 0.243 e. The van der Waals surface area contributed by atoms with Gasteiger partial charge in [-0.1, -0.05) is 30.3 Å². The summed E-state index contributed by atoms with van der Waals surface area (Å²) in [6.07, 6.45) is 4.20. The first kappa shape index (κ1) is 15.9. The lowest BCUT2D eigenvalue weighted by Crippen LogP contribution is -2.42. The molecule has 1 atom stereocenters. The molecule has 2 aromatic rings. The van der Waals surface area contributed by atoms with Crippen LogP contribution in [0.4, 0.5) is 11.4 Å². The molecule has 1 heterocycles. The molecule has 0 unspecified atom stereocenters. The van der Waals surface area contributed by atoms with Gasteiger partial charge in [0, 0.05) is 16.6 Å². The van der Waals surface area contributed by atoms with Crippen LogP contribution in [0, 0.1) is 0 Å². The van der Waals surface area contributed by atoms with Crippen LogP contribution in [0.5, 0.6) is 0 Å². The van der Waals surface area contributed by atoms with Gasteiger partial charge in [0.1, 0.15) is 0 Å². The second-order valence-corrected chi connectivity index (χ2v) is 6.74. The van der Waals surface area contributed by atoms with Gasteiger partial charge in [-0.2, -0.15) is 0 Å². The number of nitrogens with zero attached hydrogens (tertiary/aromatic N) is 1. The van der Waals surface area contributed by atoms with Gasteiger partial charge in [0.2, 0.25) is 5.91 Å². The summed E-state index contributed by atoms with van der Waals surface area (Å²) in [6, 6.07) is 16.7. The first-order valence-electron chi connectivity index (χ1n) is 7.96. The second-order valence-electron chi connectivity index (χ2n) is 5.89. The van der Waals surface area contributed by atoms with Gasteiger partial charge in [-0.05, 0) is 49.8 Å². The van der Waals surface area contributed by atoms with Crippen LogP contribution in [0.3, 0.4) is 0 Å². The molecule has 1 N–H and O–H groups in total. The van der Waals surface area contributed by atoms with Gasteiger partial charge in [-0.25, -0.2) is 0 Å². The zero-order chi connectivity index (χ0) is 16.2. The highest BCUT2D eigenvalue weighted by Crippen LogP contribution is 2.30. The number of carbonyl (C=O) groups is 1. The van der Waals surface area contributed by atoms with Gasteiger partial charge in [-0.15, -0.1) is 11.8 Å². The molecule has 23 heavy (non-hydrogen) atoms. The minimum atomic E-state index is 0.0371. The van der Waals surface area contributed by atoms with Crippen molar-refractivity contribution in [3.05, 3.63) is 54.1 Å². The number of aryl methyl sites for hydroxylation is 1. The number of rotatable bonds is 4. The molecule has 3 rings (SSSR count). The monoisotopic (exact) mass is 326 g/mol. The SMILES string of the molecule is CSc1ccccc1NC(=O)CN1c2ccccc2CC[C@H]1C. The summed E-state index contributed by atoms with van der Waals surface area (Å²) >= 11 is 1.64. The van der Waals surface area contributed by atoms with Gasteiger partial charge in [0.05, 0.1) is 12.2 Å². The number of benzene rings is 2. The Morgan fingerprint density at radius 2 is 1.96 bits per heavy atom. The number of thioether (sulfide) groups is 1. The van der Waals surface area contributed by atoms with E-state index >= 15 is 0 Å². The summed E-state index contributed by atoms with van der Waals surface area (Å²) in [5.74, 6) is 0.0371. The molecule has 4 heteroatoms. The third kappa shape index (κ3) is 3.53. The number of anilines is 2. The van der Waals surface area contributed by atoms with Gasteiger partial charge in [-0.3, -0.25) is 4.79 Å². The first-order chi connectivity index (χ1) is 11.2. The quantitative estimate of drug-likeness (QED) is 0.855. The molecule has 0 bridgehead atoms. The lowest BCUT2D eigenvalue weighted by Gasteiger charge is -2.36. The topological polar surface area (TPSA) is 32.3 Å². The van der Waals surface area contributed by atoms with Crippen LogP contribution in [0.15, 0.2) is 53.4 Å². The number of carbonyl (C=O) groups excluding carboxylic acids is 1. The molecular weight excluding hydrogens is 304 g/mol. The third-order valence-corrected chi connectivity index (χ3v) is 5.16. The summed E-state index contributed by atoms with van der Waals surface area (Å²) in [5, 5.41) is 3.06. The molecular formula is C19H22N2OS. The summed E-state index contributed by atoms with van der Waals surface area (Å²) in [4.78, 5) is 15.9. The highest BCUT2D eigenvalue weighted by atomic mass is 32.2. The minimum absolute atomic E-state index is 0.0371. The second kappa shape index (κ2) is 7.09. The lowest BCUT2D eigenvalue weighted by molar-refractivity contribution is -0.115. The van der Waals surface area contributed by atoms with E-state index in [1.807, 2.05) is 36.6 Å². The van der Waals surface area contributed by atoms with E-state index in [1.54, 1.807) is 11.8 Å². The van der Waals surface area contributed by atoms with E-state index in [1.165, 1.54) is 11.3 Å². The Bertz CT molecular complexity index is 701. The number of nitrogens with one attached hydrogen (secondary N) is 1. The standard InChI is InChI=1S/C19H22N2OS/c1-14-11-12-15-7-3-5-9-17(15)21(14)13-19(22)20-16-8-4-6-10-18(16)23-2/h3-10,14H,11-13H2,1-2H3,(H,20,22)/t14-/m1/s1. The van der Waals surface area contributed by atoms with Crippen LogP contribution in [0.2, 0.25) is 0 Å². The minimum Gasteiger partial charge on any atom is -0.359 e. The summed E-state index contributed by atoms with van der Waals surface area (Å²) < 4.78 is 0. The van der Waals surface area contributed by atoms with Gasteiger partial charge < -0.3 is 10.2 Å². The van der Waals surface area contributed by atoms with Crippen LogP contribution in [0.25, 0.3) is 0 Å². The fourth-order valence-electron chi connectivity index (χ4n) is 3.09. The molecule has 1 aliphatic heterocycles. The average Bonchev–Trinajstić information content (AvgIpc) is 2.58. The van der Waals surface area contributed by atoms with E-state index in [9.17, 15) is 4.79 Å². The van der Waals surface area contributed by atoms with Crippen molar-refractivity contribution in [2.24, 2.45) is 0 Å². The van der Waals surface area contributed by atoms with Crippen molar-refractivity contribution in [3.8, 4) is 0 Å². The molecule has 1 aliphatic rings. The van der Waals surface area contributed by atoms with Gasteiger partial charge in [0.25, 0.3) is 0 Å². The number of hydrogen-bond acceptors (Lipinski definition) is 3. The molecule has 1 amide bonds. The summed E-state index contributed by atoms with van der Waals surface area (Å²) in [5.41, 5.74) is 3.42. The number of hydrogen-bond donors (Lipinski definition) is 1. The molecule has 0 spiro atoms. The summed E-state index contributed by atoms with van der Waals surface area (Å²) in [7, 11) is 0. The van der Waals surface area contributed by atoms with E-state index in [2.05, 4.69) is 35.3 Å². The van der Waals surface area contributed by atoms with Crippen LogP contribution in [0.1, 0.15) is 18.9 Å². The highest BCUT2D eigenvalue weighted by molar-refractivity contribution is 7.98. The van der Waals surface area contributed by atoms with Crippen LogP contribution >= 0.6 is 11.8 Å². The molecule has 0 fully saturated rings. The Kier molecular flexibility index (Phi) is 4.91. The van der Waals surface area contributed by atoms with E-state index in [4.69, 9.17) is 0 Å². The van der Waals surface area contributed by atoms with Crippen molar-refractivity contribution in [2.45, 2.75) is 30.7 Å². The predicted molar refractivity (Wildman–Crippen MR) is 98.4 cm³/mol. The molecule has 0 aromatic heterocycles. The fraction of sp³-hybridized carbons (Fsp3) is 0.316. The maximum absolute atomic E-state index is 12.5. The van der Waals surface area contributed by atoms with E-state index < -0.39 is 0 Å². The van der Waals surface area contributed by atoms with Crippen molar-refractivity contribution < 1.29 is 4.79 Å². The van der Waals surface area contributed by atoms with Crippen molar-refractivity contribution in [1.82, 2.24) is 0 Å². The average molecular weight is 326 g/mol. The van der Waals surface area contributed by atoms with Gasteiger partial charge in [0.15, 0.2) is 0 Å². The van der Waals surface area contributed by atoms with E-state index in [0.717, 1.165) is 23.4 Å². The van der Waals surface area contributed by atoms with Crippen molar-refractivity contribution in [2.75, 3.05) is 23.0 Å². The fourth-order valence-corrected chi connectivity index (χ4v) is 3.65. The van der Waals surface area contributed by atoms with E-state index in [0.29, 0.717) is 12.6 Å². The normalized spacial score (nSPS) is 16.8. The van der Waals surface area contributed by atoms with Crippen molar-refractivity contribution >= 4 is 29.0 Å². The Morgan fingerprint density at radius 3 is 2.78 bits per heavy atom. The zero-order valence-corrected chi connectivity index (χ0v) is 14.4. The summed E-state index contributed by atoms with van der Waals surface area (Å²) in [6.45, 7) is 2.58. The Labute approximate surface area is 142 Å². The number of para-hydroxylation sites is 2. The van der Waals surface area contributed by atoms with E-state index in [-0.39, 0.29) is 5.91 Å². The van der Waals surface area contributed by atoms with Crippen molar-refractivity contribution in [3.63, 3.8) is 0 Å². The van der Waals surface area contributed by atoms with Crippen molar-refractivity contribution in [1.29, 1.82) is 0 Å². The lowest BCUT2D eigenvalue weighted by atomic mass is 9.96. The van der Waals surface area contributed by atoms with Gasteiger partial charge >= 0.3 is 0 Å². The molecule has 0 radical (unpaired) electrons. The van der Waals surface area contributed by atoms with Crippen LogP contribution in [-0.4, -0.2) is 24.7 Å². The number of fused-ring (bicyclic) bond motifs is 1.